The standard InChI is InChI=1S/C25H26N2O5S/c1-17-8-14-20(15-9-17)33(29,30)27-23(16-24(28)32-3)21-6-4-5-7-22(21)25(27)26-18-10-12-19(31-2)13-11-18/h4-15,23,25-26H,16H2,1-3H3/t23-,25-/m1/s1. The zero-order valence-corrected chi connectivity index (χ0v) is 19.5. The molecule has 0 aliphatic carbocycles. The molecule has 7 nitrogen and oxygen atoms in total. The van der Waals surface area contributed by atoms with Gasteiger partial charge in [0.2, 0.25) is 10.0 Å². The molecule has 1 aliphatic rings. The second-order valence-corrected chi connectivity index (χ2v) is 9.69. The van der Waals surface area contributed by atoms with Gasteiger partial charge < -0.3 is 14.8 Å². The maximum atomic E-state index is 13.9. The lowest BCUT2D eigenvalue weighted by atomic mass is 10.0. The number of carbonyl (C=O) groups is 1. The third-order valence-electron chi connectivity index (χ3n) is 5.79. The Kier molecular flexibility index (Phi) is 6.40. The molecule has 4 rings (SSSR count). The van der Waals surface area contributed by atoms with Crippen LogP contribution < -0.4 is 10.1 Å². The second-order valence-electron chi connectivity index (χ2n) is 7.85. The second kappa shape index (κ2) is 9.25. The summed E-state index contributed by atoms with van der Waals surface area (Å²) < 4.78 is 39.3. The molecule has 2 atom stereocenters. The summed E-state index contributed by atoms with van der Waals surface area (Å²) >= 11 is 0. The molecule has 172 valence electrons. The molecular weight excluding hydrogens is 440 g/mol. The van der Waals surface area contributed by atoms with Crippen molar-refractivity contribution in [1.29, 1.82) is 0 Å². The number of anilines is 1. The van der Waals surface area contributed by atoms with Crippen molar-refractivity contribution in [3.8, 4) is 5.75 Å². The fraction of sp³-hybridized carbons (Fsp3) is 0.240. The van der Waals surface area contributed by atoms with E-state index < -0.39 is 28.2 Å². The van der Waals surface area contributed by atoms with Crippen LogP contribution in [0.4, 0.5) is 5.69 Å². The number of methoxy groups -OCH3 is 2. The van der Waals surface area contributed by atoms with Crippen LogP contribution in [0.2, 0.25) is 0 Å². The van der Waals surface area contributed by atoms with E-state index in [-0.39, 0.29) is 11.3 Å². The quantitative estimate of drug-likeness (QED) is 0.519. The summed E-state index contributed by atoms with van der Waals surface area (Å²) in [5, 5.41) is 3.35. The highest BCUT2D eigenvalue weighted by Gasteiger charge is 2.46. The number of carbonyl (C=O) groups excluding carboxylic acids is 1. The first-order valence-corrected chi connectivity index (χ1v) is 12.0. The highest BCUT2D eigenvalue weighted by molar-refractivity contribution is 7.89. The average molecular weight is 467 g/mol. The van der Waals surface area contributed by atoms with E-state index in [4.69, 9.17) is 9.47 Å². The Morgan fingerprint density at radius 1 is 0.939 bits per heavy atom. The van der Waals surface area contributed by atoms with Gasteiger partial charge in [-0.3, -0.25) is 4.79 Å². The molecular formula is C25H26N2O5S. The van der Waals surface area contributed by atoms with E-state index >= 15 is 0 Å². The fourth-order valence-electron chi connectivity index (χ4n) is 4.08. The Bertz CT molecular complexity index is 1240. The van der Waals surface area contributed by atoms with E-state index in [1.165, 1.54) is 11.4 Å². The summed E-state index contributed by atoms with van der Waals surface area (Å²) in [7, 11) is -1.08. The minimum atomic E-state index is -3.97. The van der Waals surface area contributed by atoms with Crippen molar-refractivity contribution < 1.29 is 22.7 Å². The number of hydrogen-bond acceptors (Lipinski definition) is 6. The molecule has 0 bridgehead atoms. The first-order chi connectivity index (χ1) is 15.8. The molecule has 0 radical (unpaired) electrons. The van der Waals surface area contributed by atoms with Gasteiger partial charge in [-0.25, -0.2) is 8.42 Å². The summed E-state index contributed by atoms with van der Waals surface area (Å²) in [4.78, 5) is 12.5. The van der Waals surface area contributed by atoms with Crippen LogP contribution in [0.25, 0.3) is 0 Å². The predicted octanol–water partition coefficient (Wildman–Crippen LogP) is 4.42. The summed E-state index contributed by atoms with van der Waals surface area (Å²) in [6.45, 7) is 1.90. The van der Waals surface area contributed by atoms with Crippen molar-refractivity contribution in [2.45, 2.75) is 30.4 Å². The fourth-order valence-corrected chi connectivity index (χ4v) is 5.77. The van der Waals surface area contributed by atoms with Gasteiger partial charge in [0.15, 0.2) is 0 Å². The monoisotopic (exact) mass is 466 g/mol. The van der Waals surface area contributed by atoms with Crippen molar-refractivity contribution in [2.75, 3.05) is 19.5 Å². The Labute approximate surface area is 194 Å². The topological polar surface area (TPSA) is 84.9 Å². The maximum Gasteiger partial charge on any atom is 0.307 e. The van der Waals surface area contributed by atoms with Crippen LogP contribution in [-0.2, 0) is 19.6 Å². The van der Waals surface area contributed by atoms with Crippen LogP contribution in [0.15, 0.2) is 77.7 Å². The molecule has 0 saturated heterocycles. The smallest absolute Gasteiger partial charge is 0.307 e. The van der Waals surface area contributed by atoms with E-state index in [2.05, 4.69) is 5.32 Å². The highest BCUT2D eigenvalue weighted by atomic mass is 32.2. The number of ether oxygens (including phenoxy) is 2. The molecule has 0 aromatic heterocycles. The van der Waals surface area contributed by atoms with Crippen LogP contribution in [-0.4, -0.2) is 32.9 Å². The predicted molar refractivity (Wildman–Crippen MR) is 125 cm³/mol. The Hall–Kier alpha value is -3.36. The maximum absolute atomic E-state index is 13.9. The largest absolute Gasteiger partial charge is 0.497 e. The van der Waals surface area contributed by atoms with Crippen molar-refractivity contribution in [1.82, 2.24) is 4.31 Å². The van der Waals surface area contributed by atoms with Gasteiger partial charge in [0.05, 0.1) is 31.6 Å². The normalized spacial score (nSPS) is 17.9. The minimum Gasteiger partial charge on any atom is -0.497 e. The molecule has 0 fully saturated rings. The van der Waals surface area contributed by atoms with Gasteiger partial charge in [-0.05, 0) is 54.4 Å². The summed E-state index contributed by atoms with van der Waals surface area (Å²) in [5.74, 6) is 0.212. The summed E-state index contributed by atoms with van der Waals surface area (Å²) in [5.41, 5.74) is 3.23. The van der Waals surface area contributed by atoms with E-state index in [0.717, 1.165) is 22.4 Å². The molecule has 0 spiro atoms. The van der Waals surface area contributed by atoms with Crippen LogP contribution in [0.3, 0.4) is 0 Å². The number of nitrogens with zero attached hydrogens (tertiary/aromatic N) is 1. The SMILES string of the molecule is COC(=O)C[C@@H]1c2ccccc2[C@H](Nc2ccc(OC)cc2)N1S(=O)(=O)c1ccc(C)cc1. The van der Waals surface area contributed by atoms with Crippen molar-refractivity contribution in [2.24, 2.45) is 0 Å². The lowest BCUT2D eigenvalue weighted by Gasteiger charge is -2.30. The zero-order chi connectivity index (χ0) is 23.6. The minimum absolute atomic E-state index is 0.0978. The number of sulfonamides is 1. The summed E-state index contributed by atoms with van der Waals surface area (Å²) in [6, 6.07) is 20.7. The van der Waals surface area contributed by atoms with Gasteiger partial charge in [-0.1, -0.05) is 42.0 Å². The van der Waals surface area contributed by atoms with Gasteiger partial charge in [0.25, 0.3) is 0 Å². The zero-order valence-electron chi connectivity index (χ0n) is 18.7. The first-order valence-electron chi connectivity index (χ1n) is 10.5. The number of rotatable bonds is 7. The Morgan fingerprint density at radius 2 is 1.58 bits per heavy atom. The molecule has 0 amide bonds. The van der Waals surface area contributed by atoms with E-state index in [1.54, 1.807) is 43.5 Å². The number of hydrogen-bond donors (Lipinski definition) is 1. The third kappa shape index (κ3) is 4.44. The number of benzene rings is 3. The molecule has 1 aliphatic heterocycles. The van der Waals surface area contributed by atoms with Gasteiger partial charge in [0.1, 0.15) is 11.9 Å². The number of nitrogens with one attached hydrogen (secondary N) is 1. The molecule has 33 heavy (non-hydrogen) atoms. The van der Waals surface area contributed by atoms with Gasteiger partial charge in [0, 0.05) is 5.69 Å². The van der Waals surface area contributed by atoms with Crippen molar-refractivity contribution in [3.05, 3.63) is 89.5 Å². The Balaban J connectivity index is 1.83. The third-order valence-corrected chi connectivity index (χ3v) is 7.68. The molecule has 0 saturated carbocycles. The molecule has 1 heterocycles. The van der Waals surface area contributed by atoms with Crippen molar-refractivity contribution >= 4 is 21.7 Å². The van der Waals surface area contributed by atoms with Gasteiger partial charge >= 0.3 is 5.97 Å². The van der Waals surface area contributed by atoms with E-state index in [0.29, 0.717) is 5.75 Å². The summed E-state index contributed by atoms with van der Waals surface area (Å²) in [6.07, 6.45) is -0.810. The van der Waals surface area contributed by atoms with Crippen LogP contribution >= 0.6 is 0 Å². The molecule has 3 aromatic rings. The average Bonchev–Trinajstić information content (AvgIpc) is 3.13. The van der Waals surface area contributed by atoms with Crippen LogP contribution in [0.5, 0.6) is 5.75 Å². The van der Waals surface area contributed by atoms with Crippen LogP contribution in [0, 0.1) is 6.92 Å². The van der Waals surface area contributed by atoms with Gasteiger partial charge in [-0.15, -0.1) is 0 Å². The van der Waals surface area contributed by atoms with E-state index in [1.807, 2.05) is 43.3 Å². The lowest BCUT2D eigenvalue weighted by molar-refractivity contribution is -0.141. The number of aryl methyl sites for hydroxylation is 1. The molecule has 1 N–H and O–H groups in total. The molecule has 8 heteroatoms. The van der Waals surface area contributed by atoms with Crippen molar-refractivity contribution in [3.63, 3.8) is 0 Å². The highest BCUT2D eigenvalue weighted by Crippen LogP contribution is 2.47. The lowest BCUT2D eigenvalue weighted by Crippen LogP contribution is -2.37. The Morgan fingerprint density at radius 3 is 2.18 bits per heavy atom. The number of esters is 1. The van der Waals surface area contributed by atoms with Crippen LogP contribution in [0.1, 0.15) is 35.3 Å². The van der Waals surface area contributed by atoms with E-state index in [9.17, 15) is 13.2 Å². The van der Waals surface area contributed by atoms with Gasteiger partial charge in [-0.2, -0.15) is 4.31 Å². The molecule has 3 aromatic carbocycles. The number of fused-ring (bicyclic) bond motifs is 1. The first kappa shape index (κ1) is 22.8. The molecule has 0 unspecified atom stereocenters.